The molecule has 0 atom stereocenters. The van der Waals surface area contributed by atoms with Crippen molar-refractivity contribution in [1.29, 1.82) is 0 Å². The number of methoxy groups -OCH3 is 1. The number of hydrogen-bond acceptors (Lipinski definition) is 4. The first-order valence-corrected chi connectivity index (χ1v) is 8.90. The molecular weight excluding hydrogens is 357 g/mol. The molecule has 0 aliphatic carbocycles. The van der Waals surface area contributed by atoms with Crippen molar-refractivity contribution in [2.45, 2.75) is 13.1 Å². The van der Waals surface area contributed by atoms with Crippen LogP contribution in [0.3, 0.4) is 0 Å². The van der Waals surface area contributed by atoms with Gasteiger partial charge in [-0.1, -0.05) is 12.1 Å². The van der Waals surface area contributed by atoms with E-state index in [0.717, 1.165) is 33.8 Å². The average molecular weight is 377 g/mol. The minimum atomic E-state index is -0.255. The van der Waals surface area contributed by atoms with E-state index in [0.29, 0.717) is 13.1 Å². The number of para-hydroxylation sites is 2. The van der Waals surface area contributed by atoms with E-state index in [2.05, 4.69) is 20.6 Å². The van der Waals surface area contributed by atoms with Crippen molar-refractivity contribution in [3.05, 3.63) is 84.1 Å². The zero-order valence-electron chi connectivity index (χ0n) is 15.4. The van der Waals surface area contributed by atoms with E-state index in [1.165, 1.54) is 12.1 Å². The van der Waals surface area contributed by atoms with Crippen LogP contribution in [0.1, 0.15) is 11.1 Å². The van der Waals surface area contributed by atoms with Gasteiger partial charge in [-0.25, -0.2) is 9.07 Å². The lowest BCUT2D eigenvalue weighted by Gasteiger charge is -2.07. The number of H-pyrrole nitrogens is 1. The van der Waals surface area contributed by atoms with E-state index >= 15 is 0 Å². The maximum absolute atomic E-state index is 13.1. The average Bonchev–Trinajstić information content (AvgIpc) is 3.38. The van der Waals surface area contributed by atoms with Crippen LogP contribution in [0.25, 0.3) is 16.9 Å². The summed E-state index contributed by atoms with van der Waals surface area (Å²) in [6.45, 7) is 1.28. The molecule has 0 fully saturated rings. The molecule has 0 unspecified atom stereocenters. The maximum Gasteiger partial charge on any atom is 0.144 e. The highest BCUT2D eigenvalue weighted by Gasteiger charge is 2.09. The third-order valence-corrected chi connectivity index (χ3v) is 4.46. The molecule has 0 amide bonds. The van der Waals surface area contributed by atoms with E-state index in [-0.39, 0.29) is 5.82 Å². The van der Waals surface area contributed by atoms with Crippen LogP contribution in [0.15, 0.2) is 67.1 Å². The van der Waals surface area contributed by atoms with E-state index < -0.39 is 0 Å². The highest BCUT2D eigenvalue weighted by Crippen LogP contribution is 2.22. The Balaban J connectivity index is 1.41. The Morgan fingerprint density at radius 2 is 1.89 bits per heavy atom. The van der Waals surface area contributed by atoms with Crippen LogP contribution in [0, 0.1) is 5.82 Å². The molecule has 0 saturated carbocycles. The van der Waals surface area contributed by atoms with Gasteiger partial charge in [-0.2, -0.15) is 10.2 Å². The maximum atomic E-state index is 13.1. The number of aromatic nitrogens is 4. The number of nitrogens with zero attached hydrogens (tertiary/aromatic N) is 3. The highest BCUT2D eigenvalue weighted by molar-refractivity contribution is 5.62. The van der Waals surface area contributed by atoms with E-state index in [4.69, 9.17) is 4.74 Å². The molecule has 0 aliphatic rings. The molecule has 2 aromatic carbocycles. The van der Waals surface area contributed by atoms with Crippen LogP contribution >= 0.6 is 0 Å². The third kappa shape index (κ3) is 3.79. The summed E-state index contributed by atoms with van der Waals surface area (Å²) in [5.41, 5.74) is 4.75. The fourth-order valence-electron chi connectivity index (χ4n) is 3.06. The van der Waals surface area contributed by atoms with E-state index in [1.54, 1.807) is 30.1 Å². The van der Waals surface area contributed by atoms with Crippen LogP contribution in [0.5, 0.6) is 5.75 Å². The number of benzene rings is 2. The number of halogens is 1. The molecule has 28 heavy (non-hydrogen) atoms. The topological polar surface area (TPSA) is 67.8 Å². The van der Waals surface area contributed by atoms with Crippen LogP contribution < -0.4 is 10.1 Å². The summed E-state index contributed by atoms with van der Waals surface area (Å²) in [5.74, 6) is 0.516. The number of ether oxygens (including phenoxy) is 1. The molecule has 4 aromatic rings. The van der Waals surface area contributed by atoms with Crippen molar-refractivity contribution in [1.82, 2.24) is 25.3 Å². The standard InChI is InChI=1S/C21H20FN5O/c1-28-20-5-3-2-4-19(20)27-14-15(11-25-27)10-23-12-17-13-24-26-21(17)16-6-8-18(22)9-7-16/h2-9,11,13-14,23H,10,12H2,1H3,(H,24,26). The predicted molar refractivity (Wildman–Crippen MR) is 105 cm³/mol. The Labute approximate surface area is 162 Å². The first kappa shape index (κ1) is 17.9. The van der Waals surface area contributed by atoms with Crippen LogP contribution in [0.2, 0.25) is 0 Å². The van der Waals surface area contributed by atoms with Gasteiger partial charge >= 0.3 is 0 Å². The van der Waals surface area contributed by atoms with Gasteiger partial charge in [0.15, 0.2) is 0 Å². The first-order valence-electron chi connectivity index (χ1n) is 8.90. The summed E-state index contributed by atoms with van der Waals surface area (Å²) in [7, 11) is 1.65. The van der Waals surface area contributed by atoms with Gasteiger partial charge in [-0.3, -0.25) is 5.10 Å². The zero-order valence-corrected chi connectivity index (χ0v) is 15.4. The molecular formula is C21H20FN5O. The second-order valence-corrected chi connectivity index (χ2v) is 6.35. The Morgan fingerprint density at radius 1 is 1.07 bits per heavy atom. The molecule has 6 nitrogen and oxygen atoms in total. The smallest absolute Gasteiger partial charge is 0.144 e. The number of aromatic amines is 1. The lowest BCUT2D eigenvalue weighted by atomic mass is 10.1. The summed E-state index contributed by atoms with van der Waals surface area (Å²) in [5, 5.41) is 14.9. The van der Waals surface area contributed by atoms with Crippen molar-refractivity contribution >= 4 is 0 Å². The molecule has 4 rings (SSSR count). The molecule has 2 aromatic heterocycles. The van der Waals surface area contributed by atoms with Gasteiger partial charge in [0.05, 0.1) is 25.2 Å². The number of rotatable bonds is 7. The SMILES string of the molecule is COc1ccccc1-n1cc(CNCc2cn[nH]c2-c2ccc(F)cc2)cn1. The lowest BCUT2D eigenvalue weighted by Crippen LogP contribution is -2.12. The van der Waals surface area contributed by atoms with Crippen molar-refractivity contribution in [3.63, 3.8) is 0 Å². The number of hydrogen-bond donors (Lipinski definition) is 2. The lowest BCUT2D eigenvalue weighted by molar-refractivity contribution is 0.411. The van der Waals surface area contributed by atoms with Gasteiger partial charge in [0.2, 0.25) is 0 Å². The van der Waals surface area contributed by atoms with Crippen molar-refractivity contribution < 1.29 is 9.13 Å². The molecule has 0 saturated heterocycles. The Hall–Kier alpha value is -3.45. The Kier molecular flexibility index (Phi) is 5.16. The van der Waals surface area contributed by atoms with E-state index in [9.17, 15) is 4.39 Å². The summed E-state index contributed by atoms with van der Waals surface area (Å²) >= 11 is 0. The third-order valence-electron chi connectivity index (χ3n) is 4.46. The molecule has 7 heteroatoms. The molecule has 142 valence electrons. The van der Waals surface area contributed by atoms with Crippen LogP contribution in [0.4, 0.5) is 4.39 Å². The second-order valence-electron chi connectivity index (χ2n) is 6.35. The zero-order chi connectivity index (χ0) is 19.3. The van der Waals surface area contributed by atoms with Crippen molar-refractivity contribution in [3.8, 4) is 22.7 Å². The van der Waals surface area contributed by atoms with Gasteiger partial charge < -0.3 is 10.1 Å². The fourth-order valence-corrected chi connectivity index (χ4v) is 3.06. The monoisotopic (exact) mass is 377 g/mol. The number of nitrogens with one attached hydrogen (secondary N) is 2. The molecule has 2 heterocycles. The molecule has 0 aliphatic heterocycles. The normalized spacial score (nSPS) is 10.9. The van der Waals surface area contributed by atoms with Gasteiger partial charge in [-0.05, 0) is 36.4 Å². The van der Waals surface area contributed by atoms with Gasteiger partial charge in [0, 0.05) is 36.0 Å². The molecule has 2 N–H and O–H groups in total. The molecule has 0 bridgehead atoms. The summed E-state index contributed by atoms with van der Waals surface area (Å²) in [6.07, 6.45) is 5.58. The predicted octanol–water partition coefficient (Wildman–Crippen LogP) is 3.70. The summed E-state index contributed by atoms with van der Waals surface area (Å²) in [6, 6.07) is 14.1. The highest BCUT2D eigenvalue weighted by atomic mass is 19.1. The minimum absolute atomic E-state index is 0.255. The Morgan fingerprint density at radius 3 is 2.71 bits per heavy atom. The van der Waals surface area contributed by atoms with Crippen LogP contribution in [-0.4, -0.2) is 27.1 Å². The van der Waals surface area contributed by atoms with Gasteiger partial charge in [0.1, 0.15) is 17.3 Å². The quantitative estimate of drug-likeness (QED) is 0.515. The van der Waals surface area contributed by atoms with Crippen LogP contribution in [-0.2, 0) is 13.1 Å². The van der Waals surface area contributed by atoms with Gasteiger partial charge in [-0.15, -0.1) is 0 Å². The van der Waals surface area contributed by atoms with Crippen molar-refractivity contribution in [2.75, 3.05) is 7.11 Å². The summed E-state index contributed by atoms with van der Waals surface area (Å²) in [4.78, 5) is 0. The first-order chi connectivity index (χ1) is 13.7. The molecule has 0 spiro atoms. The Bertz CT molecular complexity index is 1050. The minimum Gasteiger partial charge on any atom is -0.494 e. The fraction of sp³-hybridized carbons (Fsp3) is 0.143. The van der Waals surface area contributed by atoms with Crippen molar-refractivity contribution in [2.24, 2.45) is 0 Å². The second kappa shape index (κ2) is 8.06. The largest absolute Gasteiger partial charge is 0.494 e. The van der Waals surface area contributed by atoms with Gasteiger partial charge in [0.25, 0.3) is 0 Å². The van der Waals surface area contributed by atoms with E-state index in [1.807, 2.05) is 36.7 Å². The summed E-state index contributed by atoms with van der Waals surface area (Å²) < 4.78 is 20.3. The molecule has 0 radical (unpaired) electrons.